The molecule has 2 N–H and O–H groups in total. The van der Waals surface area contributed by atoms with E-state index in [4.69, 9.17) is 14.1 Å². The topological polar surface area (TPSA) is 82.3 Å². The molecule has 0 spiro atoms. The Hall–Kier alpha value is -1.33. The van der Waals surface area contributed by atoms with Crippen molar-refractivity contribution in [2.45, 2.75) is 44.9 Å². The number of morpholine rings is 1. The average molecular weight is 562 g/mol. The Bertz CT molecular complexity index is 650. The van der Waals surface area contributed by atoms with Crippen molar-refractivity contribution in [3.05, 3.63) is 24.2 Å². The van der Waals surface area contributed by atoms with Gasteiger partial charge in [-0.15, -0.1) is 24.0 Å². The first-order valence-electron chi connectivity index (χ1n) is 11.9. The van der Waals surface area contributed by atoms with E-state index in [2.05, 4.69) is 15.5 Å². The lowest BCUT2D eigenvalue weighted by molar-refractivity contribution is -0.130. The molecular weight excluding hydrogens is 521 g/mol. The molecule has 2 aliphatic heterocycles. The summed E-state index contributed by atoms with van der Waals surface area (Å²) >= 11 is 0. The maximum absolute atomic E-state index is 12.1. The first kappa shape index (κ1) is 26.9. The number of ether oxygens (including phenoxy) is 1. The summed E-state index contributed by atoms with van der Waals surface area (Å²) in [5.41, 5.74) is 0. The number of likely N-dealkylation sites (tertiary alicyclic amines) is 1. The van der Waals surface area contributed by atoms with Crippen LogP contribution in [0, 0.1) is 0 Å². The summed E-state index contributed by atoms with van der Waals surface area (Å²) in [7, 11) is 0. The van der Waals surface area contributed by atoms with E-state index in [1.807, 2.05) is 17.0 Å². The number of guanidine groups is 1. The van der Waals surface area contributed by atoms with Gasteiger partial charge in [0.1, 0.15) is 5.76 Å². The standard InChI is InChI=1S/C23H39N5O3.HI/c29-22-8-2-1-3-14-28(22)15-6-11-25-23(26-12-9-21-7-4-18-31-21)24-10-5-13-27-16-19-30-20-17-27;/h4,7,18H,1-3,5-6,8-17,19-20H2,(H2,24,25,26);1H. The number of nitrogens with one attached hydrogen (secondary N) is 2. The molecule has 0 radical (unpaired) electrons. The summed E-state index contributed by atoms with van der Waals surface area (Å²) in [5.74, 6) is 2.12. The molecule has 9 heteroatoms. The Balaban J connectivity index is 0.00000363. The molecule has 1 aromatic rings. The van der Waals surface area contributed by atoms with Crippen molar-refractivity contribution >= 4 is 35.8 Å². The molecule has 0 aliphatic carbocycles. The Morgan fingerprint density at radius 2 is 1.88 bits per heavy atom. The van der Waals surface area contributed by atoms with Gasteiger partial charge in [-0.25, -0.2) is 0 Å². The van der Waals surface area contributed by atoms with Crippen LogP contribution in [0.25, 0.3) is 0 Å². The number of carbonyl (C=O) groups excluding carboxylic acids is 1. The zero-order valence-electron chi connectivity index (χ0n) is 19.2. The van der Waals surface area contributed by atoms with Crippen LogP contribution in [-0.2, 0) is 16.0 Å². The van der Waals surface area contributed by atoms with Crippen LogP contribution in [0.3, 0.4) is 0 Å². The van der Waals surface area contributed by atoms with Crippen LogP contribution in [0.5, 0.6) is 0 Å². The third kappa shape index (κ3) is 10.5. The van der Waals surface area contributed by atoms with Crippen LogP contribution in [0.2, 0.25) is 0 Å². The van der Waals surface area contributed by atoms with Gasteiger partial charge < -0.3 is 24.7 Å². The molecule has 32 heavy (non-hydrogen) atoms. The Kier molecular flexibility index (Phi) is 13.7. The number of nitrogens with zero attached hydrogens (tertiary/aromatic N) is 3. The summed E-state index contributed by atoms with van der Waals surface area (Å²) in [5, 5.41) is 6.88. The molecule has 182 valence electrons. The van der Waals surface area contributed by atoms with Crippen LogP contribution in [0.1, 0.15) is 44.3 Å². The molecule has 2 fully saturated rings. The highest BCUT2D eigenvalue weighted by molar-refractivity contribution is 14.0. The fraction of sp³-hybridized carbons (Fsp3) is 0.739. The van der Waals surface area contributed by atoms with Gasteiger partial charge in [-0.05, 0) is 44.4 Å². The number of hydrogen-bond acceptors (Lipinski definition) is 5. The van der Waals surface area contributed by atoms with Crippen LogP contribution in [-0.4, -0.2) is 87.2 Å². The molecule has 2 aliphatic rings. The van der Waals surface area contributed by atoms with Gasteiger partial charge in [-0.3, -0.25) is 14.7 Å². The van der Waals surface area contributed by atoms with Crippen molar-refractivity contribution in [1.29, 1.82) is 0 Å². The fourth-order valence-corrected chi connectivity index (χ4v) is 3.99. The monoisotopic (exact) mass is 561 g/mol. The number of aliphatic imine (C=N–C) groups is 1. The molecule has 0 aromatic carbocycles. The second kappa shape index (κ2) is 16.3. The summed E-state index contributed by atoms with van der Waals surface area (Å²) in [6.45, 7) is 8.88. The first-order chi connectivity index (χ1) is 15.3. The number of hydrogen-bond donors (Lipinski definition) is 2. The summed E-state index contributed by atoms with van der Waals surface area (Å²) in [6, 6.07) is 3.91. The SMILES string of the molecule is I.O=C1CCCCCN1CCCN=C(NCCCN1CCOCC1)NCCc1ccco1. The van der Waals surface area contributed by atoms with Gasteiger partial charge in [-0.1, -0.05) is 6.42 Å². The van der Waals surface area contributed by atoms with Gasteiger partial charge >= 0.3 is 0 Å². The van der Waals surface area contributed by atoms with Crippen molar-refractivity contribution in [3.8, 4) is 0 Å². The Morgan fingerprint density at radius 1 is 1.03 bits per heavy atom. The number of halogens is 1. The quantitative estimate of drug-likeness (QED) is 0.187. The summed E-state index contributed by atoms with van der Waals surface area (Å²) in [4.78, 5) is 21.4. The second-order valence-electron chi connectivity index (χ2n) is 8.27. The van der Waals surface area contributed by atoms with E-state index in [-0.39, 0.29) is 24.0 Å². The lowest BCUT2D eigenvalue weighted by Crippen LogP contribution is -2.41. The van der Waals surface area contributed by atoms with Gasteiger partial charge in [0.05, 0.1) is 19.5 Å². The molecule has 0 bridgehead atoms. The van der Waals surface area contributed by atoms with E-state index in [1.165, 1.54) is 6.42 Å². The van der Waals surface area contributed by atoms with Crippen molar-refractivity contribution < 1.29 is 13.9 Å². The van der Waals surface area contributed by atoms with E-state index < -0.39 is 0 Å². The predicted octanol–water partition coefficient (Wildman–Crippen LogP) is 2.49. The lowest BCUT2D eigenvalue weighted by Gasteiger charge is -2.26. The maximum atomic E-state index is 12.1. The van der Waals surface area contributed by atoms with E-state index in [9.17, 15) is 4.79 Å². The molecular formula is C23H40IN5O3. The zero-order chi connectivity index (χ0) is 21.6. The van der Waals surface area contributed by atoms with Gasteiger partial charge in [0, 0.05) is 58.7 Å². The molecule has 1 amide bonds. The van der Waals surface area contributed by atoms with E-state index in [0.29, 0.717) is 18.9 Å². The molecule has 0 atom stereocenters. The molecule has 0 saturated carbocycles. The molecule has 2 saturated heterocycles. The minimum absolute atomic E-state index is 0. The highest BCUT2D eigenvalue weighted by Crippen LogP contribution is 2.11. The molecule has 0 unspecified atom stereocenters. The Labute approximate surface area is 209 Å². The van der Waals surface area contributed by atoms with E-state index in [0.717, 1.165) is 103 Å². The minimum Gasteiger partial charge on any atom is -0.469 e. The molecule has 3 heterocycles. The van der Waals surface area contributed by atoms with Crippen LogP contribution in [0.4, 0.5) is 0 Å². The third-order valence-corrected chi connectivity index (χ3v) is 5.82. The Morgan fingerprint density at radius 3 is 2.69 bits per heavy atom. The lowest BCUT2D eigenvalue weighted by atomic mass is 10.2. The number of amides is 1. The van der Waals surface area contributed by atoms with Gasteiger partial charge in [0.25, 0.3) is 0 Å². The van der Waals surface area contributed by atoms with Gasteiger partial charge in [0.2, 0.25) is 5.91 Å². The van der Waals surface area contributed by atoms with E-state index >= 15 is 0 Å². The number of carbonyl (C=O) groups is 1. The average Bonchev–Trinajstić information content (AvgIpc) is 3.23. The summed E-state index contributed by atoms with van der Waals surface area (Å²) in [6.07, 6.45) is 8.52. The number of rotatable bonds is 11. The fourth-order valence-electron chi connectivity index (χ4n) is 3.99. The first-order valence-corrected chi connectivity index (χ1v) is 11.9. The largest absolute Gasteiger partial charge is 0.469 e. The maximum Gasteiger partial charge on any atom is 0.222 e. The van der Waals surface area contributed by atoms with Crippen LogP contribution >= 0.6 is 24.0 Å². The van der Waals surface area contributed by atoms with Gasteiger partial charge in [0.15, 0.2) is 5.96 Å². The molecule has 3 rings (SSSR count). The highest BCUT2D eigenvalue weighted by atomic mass is 127. The normalized spacial score (nSPS) is 18.2. The smallest absolute Gasteiger partial charge is 0.222 e. The second-order valence-corrected chi connectivity index (χ2v) is 8.27. The zero-order valence-corrected chi connectivity index (χ0v) is 21.6. The van der Waals surface area contributed by atoms with Crippen LogP contribution in [0.15, 0.2) is 27.8 Å². The molecule has 8 nitrogen and oxygen atoms in total. The van der Waals surface area contributed by atoms with E-state index in [1.54, 1.807) is 6.26 Å². The van der Waals surface area contributed by atoms with Crippen molar-refractivity contribution in [3.63, 3.8) is 0 Å². The minimum atomic E-state index is 0. The van der Waals surface area contributed by atoms with Crippen LogP contribution < -0.4 is 10.6 Å². The third-order valence-electron chi connectivity index (χ3n) is 5.82. The van der Waals surface area contributed by atoms with Crippen molar-refractivity contribution in [1.82, 2.24) is 20.4 Å². The van der Waals surface area contributed by atoms with Crippen molar-refractivity contribution in [2.75, 3.05) is 65.6 Å². The predicted molar refractivity (Wildman–Crippen MR) is 138 cm³/mol. The highest BCUT2D eigenvalue weighted by Gasteiger charge is 2.15. The molecule has 1 aromatic heterocycles. The summed E-state index contributed by atoms with van der Waals surface area (Å²) < 4.78 is 10.8. The van der Waals surface area contributed by atoms with Gasteiger partial charge in [-0.2, -0.15) is 0 Å². The van der Waals surface area contributed by atoms with Crippen molar-refractivity contribution in [2.24, 2.45) is 4.99 Å². The number of furan rings is 1.